The summed E-state index contributed by atoms with van der Waals surface area (Å²) in [6.45, 7) is 4.50. The molecule has 0 fully saturated rings. The van der Waals surface area contributed by atoms with Crippen LogP contribution < -0.4 is 4.74 Å². The van der Waals surface area contributed by atoms with Crippen molar-refractivity contribution in [1.82, 2.24) is 4.98 Å². The molecule has 1 aromatic carbocycles. The van der Waals surface area contributed by atoms with E-state index in [1.54, 1.807) is 0 Å². The molecule has 0 saturated heterocycles. The largest absolute Gasteiger partial charge is 0.494 e. The zero-order chi connectivity index (χ0) is 13.7. The molecular formula is C15H14N2OS. The van der Waals surface area contributed by atoms with Gasteiger partial charge >= 0.3 is 0 Å². The lowest BCUT2D eigenvalue weighted by atomic mass is 10.1. The summed E-state index contributed by atoms with van der Waals surface area (Å²) in [6, 6.07) is 9.88. The minimum Gasteiger partial charge on any atom is -0.494 e. The van der Waals surface area contributed by atoms with Crippen LogP contribution in [-0.2, 0) is 0 Å². The highest BCUT2D eigenvalue weighted by molar-refractivity contribution is 7.11. The van der Waals surface area contributed by atoms with Gasteiger partial charge in [-0.25, -0.2) is 4.98 Å². The van der Waals surface area contributed by atoms with Gasteiger partial charge in [0.2, 0.25) is 0 Å². The molecule has 4 heteroatoms. The summed E-state index contributed by atoms with van der Waals surface area (Å²) in [5.41, 5.74) is 2.45. The maximum atomic E-state index is 9.24. The van der Waals surface area contributed by atoms with Crippen LogP contribution in [0, 0.1) is 18.3 Å². The summed E-state index contributed by atoms with van der Waals surface area (Å²) < 4.78 is 5.45. The molecule has 1 heterocycles. The van der Waals surface area contributed by atoms with Crippen molar-refractivity contribution >= 4 is 23.0 Å². The Kier molecular flexibility index (Phi) is 4.32. The predicted molar refractivity (Wildman–Crippen MR) is 77.9 cm³/mol. The third kappa shape index (κ3) is 3.43. The average Bonchev–Trinajstić information content (AvgIpc) is 2.83. The van der Waals surface area contributed by atoms with E-state index in [9.17, 15) is 5.26 Å². The average molecular weight is 270 g/mol. The Morgan fingerprint density at radius 1 is 1.53 bits per heavy atom. The quantitative estimate of drug-likeness (QED) is 0.791. The highest BCUT2D eigenvalue weighted by Gasteiger charge is 2.05. The van der Waals surface area contributed by atoms with Gasteiger partial charge in [-0.3, -0.25) is 0 Å². The number of aromatic nitrogens is 1. The van der Waals surface area contributed by atoms with E-state index in [-0.39, 0.29) is 0 Å². The maximum absolute atomic E-state index is 9.24. The van der Waals surface area contributed by atoms with E-state index >= 15 is 0 Å². The van der Waals surface area contributed by atoms with Crippen LogP contribution >= 0.6 is 11.3 Å². The van der Waals surface area contributed by atoms with Gasteiger partial charge in [-0.1, -0.05) is 12.1 Å². The Bertz CT molecular complexity index is 638. The monoisotopic (exact) mass is 270 g/mol. The maximum Gasteiger partial charge on any atom is 0.134 e. The molecule has 0 N–H and O–H groups in total. The molecule has 0 amide bonds. The number of thiazole rings is 1. The van der Waals surface area contributed by atoms with Crippen molar-refractivity contribution in [3.8, 4) is 11.8 Å². The number of rotatable bonds is 4. The highest BCUT2D eigenvalue weighted by atomic mass is 32.1. The lowest BCUT2D eigenvalue weighted by Gasteiger charge is -2.03. The molecule has 0 unspecified atom stereocenters. The topological polar surface area (TPSA) is 45.9 Å². The number of hydrogen-bond donors (Lipinski definition) is 0. The Labute approximate surface area is 116 Å². The first-order valence-electron chi connectivity index (χ1n) is 6.00. The van der Waals surface area contributed by atoms with E-state index in [1.807, 2.05) is 49.6 Å². The van der Waals surface area contributed by atoms with Crippen LogP contribution in [0.4, 0.5) is 0 Å². The second-order valence-corrected chi connectivity index (χ2v) is 4.83. The van der Waals surface area contributed by atoms with Gasteiger partial charge in [-0.2, -0.15) is 5.26 Å². The highest BCUT2D eigenvalue weighted by Crippen LogP contribution is 2.23. The molecule has 19 heavy (non-hydrogen) atoms. The van der Waals surface area contributed by atoms with Gasteiger partial charge in [0.15, 0.2) is 0 Å². The molecule has 0 radical (unpaired) electrons. The van der Waals surface area contributed by atoms with Crippen molar-refractivity contribution in [3.63, 3.8) is 0 Å². The molecule has 0 aliphatic carbocycles. The zero-order valence-corrected chi connectivity index (χ0v) is 11.7. The van der Waals surface area contributed by atoms with Crippen molar-refractivity contribution < 1.29 is 4.74 Å². The van der Waals surface area contributed by atoms with Crippen LogP contribution in [0.1, 0.15) is 23.2 Å². The molecule has 2 aromatic rings. The molecule has 0 spiro atoms. The Morgan fingerprint density at radius 2 is 2.37 bits per heavy atom. The van der Waals surface area contributed by atoms with E-state index < -0.39 is 0 Å². The van der Waals surface area contributed by atoms with Gasteiger partial charge in [0, 0.05) is 11.1 Å². The van der Waals surface area contributed by atoms with E-state index in [0.717, 1.165) is 22.0 Å². The number of allylic oxidation sites excluding steroid dienone is 1. The summed E-state index contributed by atoms with van der Waals surface area (Å²) in [7, 11) is 0. The fourth-order valence-corrected chi connectivity index (χ4v) is 2.41. The molecule has 96 valence electrons. The van der Waals surface area contributed by atoms with Crippen LogP contribution in [0.25, 0.3) is 11.6 Å². The van der Waals surface area contributed by atoms with E-state index in [0.29, 0.717) is 12.2 Å². The zero-order valence-electron chi connectivity index (χ0n) is 10.9. The van der Waals surface area contributed by atoms with Crippen molar-refractivity contribution in [1.29, 1.82) is 5.26 Å². The second-order valence-electron chi connectivity index (χ2n) is 3.97. The van der Waals surface area contributed by atoms with Crippen molar-refractivity contribution in [2.24, 2.45) is 0 Å². The summed E-state index contributed by atoms with van der Waals surface area (Å²) in [5, 5.41) is 11.9. The van der Waals surface area contributed by atoms with Gasteiger partial charge in [0.1, 0.15) is 16.8 Å². The van der Waals surface area contributed by atoms with E-state index in [2.05, 4.69) is 11.1 Å². The fraction of sp³-hybridized carbons (Fsp3) is 0.200. The molecule has 3 nitrogen and oxygen atoms in total. The van der Waals surface area contributed by atoms with Gasteiger partial charge in [-0.05, 0) is 37.6 Å². The lowest BCUT2D eigenvalue weighted by Crippen LogP contribution is -1.91. The molecule has 0 aliphatic heterocycles. The normalized spacial score (nSPS) is 11.1. The Hall–Kier alpha value is -2.12. The first kappa shape index (κ1) is 13.3. The summed E-state index contributed by atoms with van der Waals surface area (Å²) in [6.07, 6.45) is 1.83. The van der Waals surface area contributed by atoms with Crippen LogP contribution in [0.15, 0.2) is 29.6 Å². The van der Waals surface area contributed by atoms with E-state index in [4.69, 9.17) is 4.74 Å². The minimum atomic E-state index is 0.576. The summed E-state index contributed by atoms with van der Waals surface area (Å²) in [4.78, 5) is 4.33. The first-order valence-corrected chi connectivity index (χ1v) is 6.88. The van der Waals surface area contributed by atoms with Gasteiger partial charge in [-0.15, -0.1) is 11.3 Å². The third-order valence-corrected chi connectivity index (χ3v) is 3.44. The van der Waals surface area contributed by atoms with Crippen molar-refractivity contribution in [3.05, 3.63) is 45.9 Å². The number of hydrogen-bond acceptors (Lipinski definition) is 4. The number of aryl methyl sites for hydroxylation is 1. The van der Waals surface area contributed by atoms with Crippen LogP contribution in [-0.4, -0.2) is 11.6 Å². The summed E-state index contributed by atoms with van der Waals surface area (Å²) in [5.74, 6) is 0.809. The smallest absolute Gasteiger partial charge is 0.134 e. The third-order valence-electron chi connectivity index (χ3n) is 2.45. The molecule has 2 rings (SSSR count). The number of nitrogens with zero attached hydrogens (tertiary/aromatic N) is 2. The second kappa shape index (κ2) is 6.17. The number of nitriles is 1. The van der Waals surface area contributed by atoms with E-state index in [1.165, 1.54) is 11.3 Å². The fourth-order valence-electron chi connectivity index (χ4n) is 1.65. The molecule has 0 saturated carbocycles. The number of benzene rings is 1. The molecule has 0 aliphatic rings. The van der Waals surface area contributed by atoms with Gasteiger partial charge in [0.05, 0.1) is 12.2 Å². The van der Waals surface area contributed by atoms with Crippen LogP contribution in [0.3, 0.4) is 0 Å². The minimum absolute atomic E-state index is 0.576. The Morgan fingerprint density at radius 3 is 3.00 bits per heavy atom. The Balaban J connectivity index is 2.33. The standard InChI is InChI=1S/C15H14N2OS/c1-3-18-14-6-4-5-12(8-14)7-13(9-16)15-17-11(2)10-19-15/h4-8,10H,3H2,1-2H3/b13-7+. The SMILES string of the molecule is CCOc1cccc(/C=C(\C#N)c2nc(C)cs2)c1. The molecule has 0 bridgehead atoms. The predicted octanol–water partition coefficient (Wildman–Crippen LogP) is 3.91. The molecule has 0 atom stereocenters. The lowest BCUT2D eigenvalue weighted by molar-refractivity contribution is 0.340. The van der Waals surface area contributed by atoms with Crippen molar-refractivity contribution in [2.75, 3.05) is 6.61 Å². The summed E-state index contributed by atoms with van der Waals surface area (Å²) >= 11 is 1.48. The van der Waals surface area contributed by atoms with Crippen molar-refractivity contribution in [2.45, 2.75) is 13.8 Å². The molecular weight excluding hydrogens is 256 g/mol. The first-order chi connectivity index (χ1) is 9.22. The van der Waals surface area contributed by atoms with Crippen LogP contribution in [0.2, 0.25) is 0 Å². The number of ether oxygens (including phenoxy) is 1. The van der Waals surface area contributed by atoms with Gasteiger partial charge < -0.3 is 4.74 Å². The van der Waals surface area contributed by atoms with Crippen LogP contribution in [0.5, 0.6) is 5.75 Å². The molecule has 1 aromatic heterocycles. The van der Waals surface area contributed by atoms with Gasteiger partial charge in [0.25, 0.3) is 0 Å².